The second kappa shape index (κ2) is 6.05. The molecule has 0 aliphatic carbocycles. The average Bonchev–Trinajstić information content (AvgIpc) is 2.52. The van der Waals surface area contributed by atoms with Gasteiger partial charge in [-0.2, -0.15) is 0 Å². The first-order valence-electron chi connectivity index (χ1n) is 7.34. The van der Waals surface area contributed by atoms with Crippen molar-refractivity contribution >= 4 is 20.6 Å². The molecule has 118 valence electrons. The zero-order valence-corrected chi connectivity index (χ0v) is 13.9. The lowest BCUT2D eigenvalue weighted by Gasteiger charge is -2.08. The van der Waals surface area contributed by atoms with E-state index in [1.165, 1.54) is 17.2 Å². The van der Waals surface area contributed by atoms with E-state index in [2.05, 4.69) is 25.1 Å². The van der Waals surface area contributed by atoms with Crippen molar-refractivity contribution < 1.29 is 13.2 Å². The van der Waals surface area contributed by atoms with Gasteiger partial charge in [0.25, 0.3) is 0 Å². The zero-order chi connectivity index (χ0) is 16.4. The van der Waals surface area contributed by atoms with Crippen LogP contribution in [0, 0.1) is 6.92 Å². The lowest BCUT2D eigenvalue weighted by molar-refractivity contribution is 0.306. The van der Waals surface area contributed by atoms with Crippen LogP contribution in [-0.4, -0.2) is 14.7 Å². The number of hydrogen-bond acceptors (Lipinski definition) is 3. The summed E-state index contributed by atoms with van der Waals surface area (Å²) < 4.78 is 28.7. The van der Waals surface area contributed by atoms with E-state index in [4.69, 9.17) is 4.74 Å². The summed E-state index contributed by atoms with van der Waals surface area (Å²) >= 11 is 0. The van der Waals surface area contributed by atoms with Gasteiger partial charge in [0.1, 0.15) is 12.4 Å². The Morgan fingerprint density at radius 2 is 1.57 bits per heavy atom. The summed E-state index contributed by atoms with van der Waals surface area (Å²) in [6.07, 6.45) is 1.20. The highest BCUT2D eigenvalue weighted by molar-refractivity contribution is 7.90. The molecule has 0 aromatic heterocycles. The lowest BCUT2D eigenvalue weighted by Crippen LogP contribution is -1.99. The van der Waals surface area contributed by atoms with Gasteiger partial charge >= 0.3 is 0 Å². The normalized spacial score (nSPS) is 11.6. The van der Waals surface area contributed by atoms with Crippen LogP contribution in [0.3, 0.4) is 0 Å². The fourth-order valence-electron chi connectivity index (χ4n) is 2.43. The first-order chi connectivity index (χ1) is 10.9. The third-order valence-electron chi connectivity index (χ3n) is 3.72. The van der Waals surface area contributed by atoms with Crippen LogP contribution >= 0.6 is 0 Å². The zero-order valence-electron chi connectivity index (χ0n) is 13.1. The van der Waals surface area contributed by atoms with Gasteiger partial charge < -0.3 is 4.74 Å². The third-order valence-corrected chi connectivity index (χ3v) is 4.85. The van der Waals surface area contributed by atoms with Crippen LogP contribution in [0.4, 0.5) is 0 Å². The SMILES string of the molecule is Cc1ccc2ccc(OCc3ccc(S(C)(=O)=O)cc3)cc2c1. The van der Waals surface area contributed by atoms with Crippen molar-refractivity contribution in [2.24, 2.45) is 0 Å². The van der Waals surface area contributed by atoms with E-state index in [0.29, 0.717) is 11.5 Å². The molecule has 3 rings (SSSR count). The number of benzene rings is 3. The van der Waals surface area contributed by atoms with Crippen molar-refractivity contribution in [2.45, 2.75) is 18.4 Å². The monoisotopic (exact) mass is 326 g/mol. The Balaban J connectivity index is 1.75. The van der Waals surface area contributed by atoms with Crippen LogP contribution in [0.15, 0.2) is 65.6 Å². The number of hydrogen-bond donors (Lipinski definition) is 0. The number of rotatable bonds is 4. The van der Waals surface area contributed by atoms with E-state index in [0.717, 1.165) is 16.7 Å². The molecule has 0 N–H and O–H groups in total. The Labute approximate surface area is 136 Å². The molecular formula is C19H18O3S. The number of sulfone groups is 1. The summed E-state index contributed by atoms with van der Waals surface area (Å²) in [5.74, 6) is 0.801. The van der Waals surface area contributed by atoms with Gasteiger partial charge in [-0.1, -0.05) is 42.0 Å². The van der Waals surface area contributed by atoms with Crippen LogP contribution < -0.4 is 4.74 Å². The molecular weight excluding hydrogens is 308 g/mol. The average molecular weight is 326 g/mol. The predicted molar refractivity (Wildman–Crippen MR) is 92.6 cm³/mol. The molecule has 0 unspecified atom stereocenters. The molecule has 4 heteroatoms. The van der Waals surface area contributed by atoms with Crippen molar-refractivity contribution in [1.82, 2.24) is 0 Å². The maximum atomic E-state index is 11.4. The molecule has 0 bridgehead atoms. The quantitative estimate of drug-likeness (QED) is 0.724. The Bertz CT molecular complexity index is 942. The summed E-state index contributed by atoms with van der Waals surface area (Å²) in [6.45, 7) is 2.47. The highest BCUT2D eigenvalue weighted by Gasteiger charge is 2.06. The minimum absolute atomic E-state index is 0.322. The van der Waals surface area contributed by atoms with Gasteiger partial charge in [-0.25, -0.2) is 8.42 Å². The molecule has 0 aliphatic rings. The minimum Gasteiger partial charge on any atom is -0.489 e. The van der Waals surface area contributed by atoms with Gasteiger partial charge in [-0.3, -0.25) is 0 Å². The maximum Gasteiger partial charge on any atom is 0.175 e. The molecule has 0 amide bonds. The highest BCUT2D eigenvalue weighted by atomic mass is 32.2. The van der Waals surface area contributed by atoms with E-state index in [-0.39, 0.29) is 0 Å². The molecule has 0 aliphatic heterocycles. The summed E-state index contributed by atoms with van der Waals surface area (Å²) in [5, 5.41) is 2.33. The summed E-state index contributed by atoms with van der Waals surface area (Å²) in [7, 11) is -3.16. The fraction of sp³-hybridized carbons (Fsp3) is 0.158. The predicted octanol–water partition coefficient (Wildman–Crippen LogP) is 4.13. The summed E-state index contributed by atoms with van der Waals surface area (Å²) in [4.78, 5) is 0.322. The Kier molecular flexibility index (Phi) is 4.09. The molecule has 3 aromatic carbocycles. The van der Waals surface area contributed by atoms with Crippen molar-refractivity contribution in [2.75, 3.05) is 6.26 Å². The number of fused-ring (bicyclic) bond motifs is 1. The summed E-state index contributed by atoms with van der Waals surface area (Å²) in [5.41, 5.74) is 2.15. The molecule has 0 radical (unpaired) electrons. The van der Waals surface area contributed by atoms with Gasteiger partial charge in [0.2, 0.25) is 0 Å². The molecule has 0 spiro atoms. The van der Waals surface area contributed by atoms with Crippen LogP contribution in [0.25, 0.3) is 10.8 Å². The molecule has 0 heterocycles. The molecule has 0 fully saturated rings. The highest BCUT2D eigenvalue weighted by Crippen LogP contribution is 2.23. The first kappa shape index (κ1) is 15.6. The van der Waals surface area contributed by atoms with E-state index in [9.17, 15) is 8.42 Å². The standard InChI is InChI=1S/C19H18O3S/c1-14-3-6-16-7-8-18(12-17(16)11-14)22-13-15-4-9-19(10-5-15)23(2,20)21/h3-12H,13H2,1-2H3. The smallest absolute Gasteiger partial charge is 0.175 e. The second-order valence-corrected chi connectivity index (χ2v) is 7.73. The van der Waals surface area contributed by atoms with Crippen molar-refractivity contribution in [3.05, 3.63) is 71.8 Å². The Morgan fingerprint density at radius 1 is 0.870 bits per heavy atom. The molecule has 0 atom stereocenters. The molecule has 3 nitrogen and oxygen atoms in total. The molecule has 3 aromatic rings. The topological polar surface area (TPSA) is 43.4 Å². The largest absolute Gasteiger partial charge is 0.489 e. The van der Waals surface area contributed by atoms with Gasteiger partial charge in [0.15, 0.2) is 9.84 Å². The summed E-state index contributed by atoms with van der Waals surface area (Å²) in [6, 6.07) is 19.1. The lowest BCUT2D eigenvalue weighted by atomic mass is 10.1. The molecule has 23 heavy (non-hydrogen) atoms. The molecule has 0 saturated heterocycles. The minimum atomic E-state index is -3.16. The van der Waals surface area contributed by atoms with Gasteiger partial charge in [-0.15, -0.1) is 0 Å². The Morgan fingerprint density at radius 3 is 2.26 bits per heavy atom. The molecule has 0 saturated carbocycles. The maximum absolute atomic E-state index is 11.4. The van der Waals surface area contributed by atoms with Crippen LogP contribution in [-0.2, 0) is 16.4 Å². The fourth-order valence-corrected chi connectivity index (χ4v) is 3.06. The number of aryl methyl sites for hydroxylation is 1. The van der Waals surface area contributed by atoms with Crippen LogP contribution in [0.2, 0.25) is 0 Å². The van der Waals surface area contributed by atoms with Crippen molar-refractivity contribution in [3.8, 4) is 5.75 Å². The van der Waals surface area contributed by atoms with Crippen molar-refractivity contribution in [3.63, 3.8) is 0 Å². The number of ether oxygens (including phenoxy) is 1. The van der Waals surface area contributed by atoms with E-state index in [1.807, 2.05) is 18.2 Å². The van der Waals surface area contributed by atoms with E-state index < -0.39 is 9.84 Å². The van der Waals surface area contributed by atoms with Gasteiger partial charge in [-0.05, 0) is 47.5 Å². The first-order valence-corrected chi connectivity index (χ1v) is 9.23. The third kappa shape index (κ3) is 3.71. The second-order valence-electron chi connectivity index (χ2n) is 5.72. The van der Waals surface area contributed by atoms with Gasteiger partial charge in [0, 0.05) is 6.26 Å². The Hall–Kier alpha value is -2.33. The van der Waals surface area contributed by atoms with Crippen LogP contribution in [0.1, 0.15) is 11.1 Å². The van der Waals surface area contributed by atoms with E-state index >= 15 is 0 Å². The van der Waals surface area contributed by atoms with Gasteiger partial charge in [0.05, 0.1) is 4.90 Å². The van der Waals surface area contributed by atoms with Crippen LogP contribution in [0.5, 0.6) is 5.75 Å². The van der Waals surface area contributed by atoms with Crippen molar-refractivity contribution in [1.29, 1.82) is 0 Å². The van der Waals surface area contributed by atoms with E-state index in [1.54, 1.807) is 24.3 Å².